The van der Waals surface area contributed by atoms with Crippen molar-refractivity contribution in [3.05, 3.63) is 120 Å². The first kappa shape index (κ1) is 27.3. The van der Waals surface area contributed by atoms with Crippen molar-refractivity contribution in [2.24, 2.45) is 0 Å². The maximum Gasteiger partial charge on any atom is 0.251 e. The minimum atomic E-state index is -4.05. The molecule has 5 rings (SSSR count). The molecule has 0 bridgehead atoms. The first-order chi connectivity index (χ1) is 19.4. The van der Waals surface area contributed by atoms with Crippen LogP contribution in [0.2, 0.25) is 0 Å². The fourth-order valence-corrected chi connectivity index (χ4v) is 7.43. The fraction of sp³-hybridized carbons (Fsp3) is 0.125. The van der Waals surface area contributed by atoms with Crippen LogP contribution in [0.1, 0.15) is 16.7 Å². The molecule has 0 saturated carbocycles. The quantitative estimate of drug-likeness (QED) is 0.160. The van der Waals surface area contributed by atoms with Gasteiger partial charge in [0.15, 0.2) is 0 Å². The second kappa shape index (κ2) is 11.4. The highest BCUT2D eigenvalue weighted by Crippen LogP contribution is 2.41. The lowest BCUT2D eigenvalue weighted by atomic mass is 9.78. The molecule has 40 heavy (non-hydrogen) atoms. The molecule has 8 heteroatoms. The summed E-state index contributed by atoms with van der Waals surface area (Å²) in [6.45, 7) is 0.132. The number of benzene rings is 4. The Balaban J connectivity index is 1.69. The van der Waals surface area contributed by atoms with E-state index in [1.165, 1.54) is 11.3 Å². The van der Waals surface area contributed by atoms with Crippen LogP contribution in [0.25, 0.3) is 10.1 Å². The monoisotopic (exact) mass is 569 g/mol. The number of methoxy groups -OCH3 is 2. The van der Waals surface area contributed by atoms with E-state index in [-0.39, 0.29) is 10.8 Å². The second-order valence-corrected chi connectivity index (χ2v) is 11.9. The summed E-state index contributed by atoms with van der Waals surface area (Å²) < 4.78 is 48.8. The standard InChI is InChI=1S/C32H27NO5S2/c1-4-20-38-29-15-10-23-21-31(39-30(23)22-29)40(34,35)33-32(24-8-6-5-7-9-24,25-11-16-27(36-2)17-12-25)26-13-18-28(37-3)19-14-26/h1,5-19,21-22,33H,20H2,2-3H3. The number of hydrogen-bond donors (Lipinski definition) is 1. The zero-order valence-electron chi connectivity index (χ0n) is 22.0. The van der Waals surface area contributed by atoms with Gasteiger partial charge in [-0.3, -0.25) is 0 Å². The number of ether oxygens (including phenoxy) is 3. The van der Waals surface area contributed by atoms with E-state index in [2.05, 4.69) is 10.6 Å². The predicted molar refractivity (Wildman–Crippen MR) is 159 cm³/mol. The molecule has 0 spiro atoms. The molecule has 0 aliphatic rings. The molecule has 0 unspecified atom stereocenters. The van der Waals surface area contributed by atoms with Gasteiger partial charge in [0.1, 0.15) is 33.6 Å². The predicted octanol–water partition coefficient (Wildman–Crippen LogP) is 6.20. The number of fused-ring (bicyclic) bond motifs is 1. The Morgan fingerprint density at radius 2 is 1.32 bits per heavy atom. The summed E-state index contributed by atoms with van der Waals surface area (Å²) in [6.07, 6.45) is 5.31. The summed E-state index contributed by atoms with van der Waals surface area (Å²) in [5, 5.41) is 0.789. The molecule has 1 N–H and O–H groups in total. The van der Waals surface area contributed by atoms with E-state index < -0.39 is 15.6 Å². The van der Waals surface area contributed by atoms with Gasteiger partial charge in [0.2, 0.25) is 0 Å². The van der Waals surface area contributed by atoms with Gasteiger partial charge in [-0.05, 0) is 70.6 Å². The molecule has 0 radical (unpaired) electrons. The third kappa shape index (κ3) is 5.27. The Hall–Kier alpha value is -4.29. The second-order valence-electron chi connectivity index (χ2n) is 8.94. The lowest BCUT2D eigenvalue weighted by Crippen LogP contribution is -2.47. The van der Waals surface area contributed by atoms with Crippen LogP contribution in [-0.4, -0.2) is 29.2 Å². The topological polar surface area (TPSA) is 73.9 Å². The highest BCUT2D eigenvalue weighted by atomic mass is 32.2. The molecule has 0 aliphatic heterocycles. The summed E-state index contributed by atoms with van der Waals surface area (Å²) in [5.74, 6) is 4.35. The minimum Gasteiger partial charge on any atom is -0.497 e. The number of terminal acetylenes is 1. The van der Waals surface area contributed by atoms with E-state index in [9.17, 15) is 8.42 Å². The van der Waals surface area contributed by atoms with Gasteiger partial charge in [-0.15, -0.1) is 17.8 Å². The van der Waals surface area contributed by atoms with Gasteiger partial charge in [0.05, 0.1) is 14.2 Å². The smallest absolute Gasteiger partial charge is 0.251 e. The van der Waals surface area contributed by atoms with E-state index in [0.717, 1.165) is 26.8 Å². The Morgan fingerprint density at radius 3 is 1.88 bits per heavy atom. The van der Waals surface area contributed by atoms with Crippen LogP contribution < -0.4 is 18.9 Å². The molecular formula is C32H27NO5S2. The normalized spacial score (nSPS) is 11.6. The Morgan fingerprint density at radius 1 is 0.775 bits per heavy atom. The van der Waals surface area contributed by atoms with Crippen LogP contribution in [-0.2, 0) is 15.6 Å². The molecule has 6 nitrogen and oxygen atoms in total. The molecule has 4 aromatic carbocycles. The van der Waals surface area contributed by atoms with Crippen LogP contribution in [0.4, 0.5) is 0 Å². The van der Waals surface area contributed by atoms with E-state index in [4.69, 9.17) is 20.6 Å². The number of nitrogens with one attached hydrogen (secondary N) is 1. The first-order valence-electron chi connectivity index (χ1n) is 12.4. The molecule has 0 atom stereocenters. The Labute approximate surface area is 238 Å². The molecule has 1 aromatic heterocycles. The average Bonchev–Trinajstić information content (AvgIpc) is 3.44. The van der Waals surface area contributed by atoms with Gasteiger partial charge in [-0.2, -0.15) is 4.72 Å². The highest BCUT2D eigenvalue weighted by Gasteiger charge is 2.41. The van der Waals surface area contributed by atoms with Gasteiger partial charge in [0, 0.05) is 4.70 Å². The molecular weight excluding hydrogens is 542 g/mol. The maximum absolute atomic E-state index is 14.2. The van der Waals surface area contributed by atoms with Gasteiger partial charge in [-0.1, -0.05) is 60.5 Å². The summed E-state index contributed by atoms with van der Waals surface area (Å²) in [7, 11) is -0.866. The van der Waals surface area contributed by atoms with Crippen LogP contribution in [0.5, 0.6) is 17.2 Å². The number of hydrogen-bond acceptors (Lipinski definition) is 6. The maximum atomic E-state index is 14.2. The number of thiophene rings is 1. The van der Waals surface area contributed by atoms with Crippen LogP contribution >= 0.6 is 11.3 Å². The molecule has 0 amide bonds. The summed E-state index contributed by atoms with van der Waals surface area (Å²) in [4.78, 5) is 0. The first-order valence-corrected chi connectivity index (χ1v) is 14.7. The summed E-state index contributed by atoms with van der Waals surface area (Å²) in [5.41, 5.74) is 0.925. The average molecular weight is 570 g/mol. The SMILES string of the molecule is C#CCOc1ccc2cc(S(=O)(=O)NC(c3ccccc3)(c3ccc(OC)cc3)c3ccc(OC)cc3)sc2c1. The van der Waals surface area contributed by atoms with E-state index in [0.29, 0.717) is 17.2 Å². The van der Waals surface area contributed by atoms with Crippen molar-refractivity contribution >= 4 is 31.4 Å². The highest BCUT2D eigenvalue weighted by molar-refractivity contribution is 7.91. The lowest BCUT2D eigenvalue weighted by Gasteiger charge is -2.36. The van der Waals surface area contributed by atoms with Crippen molar-refractivity contribution in [1.29, 1.82) is 0 Å². The van der Waals surface area contributed by atoms with E-state index in [1.807, 2.05) is 84.9 Å². The van der Waals surface area contributed by atoms with Gasteiger partial charge in [-0.25, -0.2) is 8.42 Å². The van der Waals surface area contributed by atoms with Crippen molar-refractivity contribution in [1.82, 2.24) is 4.72 Å². The summed E-state index contributed by atoms with van der Waals surface area (Å²) in [6, 6.07) is 31.4. The van der Waals surface area contributed by atoms with Crippen LogP contribution in [0, 0.1) is 12.3 Å². The molecule has 0 aliphatic carbocycles. The zero-order valence-corrected chi connectivity index (χ0v) is 23.6. The third-order valence-electron chi connectivity index (χ3n) is 6.60. The van der Waals surface area contributed by atoms with Crippen LogP contribution in [0.15, 0.2) is 107 Å². The van der Waals surface area contributed by atoms with Gasteiger partial charge in [0.25, 0.3) is 10.0 Å². The van der Waals surface area contributed by atoms with E-state index in [1.54, 1.807) is 32.4 Å². The molecule has 0 fully saturated rings. The minimum absolute atomic E-state index is 0.132. The zero-order chi connectivity index (χ0) is 28.2. The van der Waals surface area contributed by atoms with Crippen molar-refractivity contribution in [2.45, 2.75) is 9.75 Å². The summed E-state index contributed by atoms with van der Waals surface area (Å²) >= 11 is 1.17. The Kier molecular flexibility index (Phi) is 7.81. The number of sulfonamides is 1. The molecule has 0 saturated heterocycles. The molecule has 1 heterocycles. The molecule has 5 aromatic rings. The third-order valence-corrected chi connectivity index (χ3v) is 9.62. The largest absolute Gasteiger partial charge is 0.497 e. The van der Waals surface area contributed by atoms with Crippen molar-refractivity contribution in [2.75, 3.05) is 20.8 Å². The number of rotatable bonds is 10. The van der Waals surface area contributed by atoms with Gasteiger partial charge >= 0.3 is 0 Å². The molecule has 202 valence electrons. The van der Waals surface area contributed by atoms with Gasteiger partial charge < -0.3 is 14.2 Å². The van der Waals surface area contributed by atoms with Crippen molar-refractivity contribution in [3.8, 4) is 29.6 Å². The Bertz CT molecular complexity index is 1710. The van der Waals surface area contributed by atoms with Crippen molar-refractivity contribution in [3.63, 3.8) is 0 Å². The fourth-order valence-electron chi connectivity index (χ4n) is 4.63. The van der Waals surface area contributed by atoms with E-state index >= 15 is 0 Å². The van der Waals surface area contributed by atoms with Crippen molar-refractivity contribution < 1.29 is 22.6 Å². The van der Waals surface area contributed by atoms with Crippen LogP contribution in [0.3, 0.4) is 0 Å². The lowest BCUT2D eigenvalue weighted by molar-refractivity contribution is 0.371.